The molecule has 1 aromatic carbocycles. The van der Waals surface area contributed by atoms with Crippen LogP contribution in [0.25, 0.3) is 22.4 Å². The molecule has 0 saturated carbocycles. The van der Waals surface area contributed by atoms with Crippen molar-refractivity contribution in [3.05, 3.63) is 64.5 Å². The molecule has 0 bridgehead atoms. The number of nitrogens with zero attached hydrogens (tertiary/aromatic N) is 3. The summed E-state index contributed by atoms with van der Waals surface area (Å²) in [5, 5.41) is 11.2. The van der Waals surface area contributed by atoms with E-state index in [0.717, 1.165) is 5.39 Å². The van der Waals surface area contributed by atoms with Crippen molar-refractivity contribution < 1.29 is 13.8 Å². The SMILES string of the molecule is O=C(Cc1noc2ccccc12)NCc1nc(-c2cc[nH]c(=O)c2)no1. The average molecular weight is 351 g/mol. The Morgan fingerprint density at radius 2 is 2.04 bits per heavy atom. The lowest BCUT2D eigenvalue weighted by Gasteiger charge is -2.00. The molecule has 26 heavy (non-hydrogen) atoms. The summed E-state index contributed by atoms with van der Waals surface area (Å²) in [4.78, 5) is 30.1. The number of aromatic nitrogens is 4. The molecule has 0 aliphatic heterocycles. The smallest absolute Gasteiger partial charge is 0.248 e. The quantitative estimate of drug-likeness (QED) is 0.557. The van der Waals surface area contributed by atoms with Crippen molar-refractivity contribution in [3.8, 4) is 11.4 Å². The number of rotatable bonds is 5. The summed E-state index contributed by atoms with van der Waals surface area (Å²) < 4.78 is 10.3. The Morgan fingerprint density at radius 1 is 1.15 bits per heavy atom. The van der Waals surface area contributed by atoms with Gasteiger partial charge in [-0.2, -0.15) is 4.98 Å². The molecule has 0 aliphatic carbocycles. The molecule has 3 aromatic heterocycles. The number of amides is 1. The Morgan fingerprint density at radius 3 is 2.92 bits per heavy atom. The summed E-state index contributed by atoms with van der Waals surface area (Å²) in [6.45, 7) is 0.0742. The first-order valence-electron chi connectivity index (χ1n) is 7.81. The van der Waals surface area contributed by atoms with Crippen LogP contribution in [0.15, 0.2) is 56.4 Å². The fraction of sp³-hybridized carbons (Fsp3) is 0.118. The fourth-order valence-electron chi connectivity index (χ4n) is 2.48. The highest BCUT2D eigenvalue weighted by atomic mass is 16.5. The van der Waals surface area contributed by atoms with Crippen molar-refractivity contribution in [3.63, 3.8) is 0 Å². The van der Waals surface area contributed by atoms with E-state index in [9.17, 15) is 9.59 Å². The minimum atomic E-state index is -0.262. The van der Waals surface area contributed by atoms with Crippen LogP contribution in [0.3, 0.4) is 0 Å². The summed E-state index contributed by atoms with van der Waals surface area (Å²) in [5.74, 6) is 0.265. The van der Waals surface area contributed by atoms with Gasteiger partial charge in [-0.3, -0.25) is 9.59 Å². The molecule has 2 N–H and O–H groups in total. The van der Waals surface area contributed by atoms with E-state index in [2.05, 4.69) is 25.6 Å². The second kappa shape index (κ2) is 6.63. The Labute approximate surface area is 146 Å². The summed E-state index contributed by atoms with van der Waals surface area (Å²) in [7, 11) is 0. The third-order valence-electron chi connectivity index (χ3n) is 3.72. The summed E-state index contributed by atoms with van der Waals surface area (Å²) in [5.41, 5.74) is 1.47. The number of hydrogen-bond donors (Lipinski definition) is 2. The van der Waals surface area contributed by atoms with Crippen LogP contribution in [0.4, 0.5) is 0 Å². The van der Waals surface area contributed by atoms with Gasteiger partial charge in [0.15, 0.2) is 5.58 Å². The van der Waals surface area contributed by atoms with Gasteiger partial charge in [0.2, 0.25) is 23.2 Å². The lowest BCUT2D eigenvalue weighted by Crippen LogP contribution is -2.24. The first-order valence-corrected chi connectivity index (χ1v) is 7.81. The van der Waals surface area contributed by atoms with Gasteiger partial charge < -0.3 is 19.3 Å². The van der Waals surface area contributed by atoms with Crippen molar-refractivity contribution in [1.82, 2.24) is 25.6 Å². The number of H-pyrrole nitrogens is 1. The molecule has 0 aliphatic rings. The first kappa shape index (κ1) is 15.8. The largest absolute Gasteiger partial charge is 0.356 e. The molecule has 0 radical (unpaired) electrons. The van der Waals surface area contributed by atoms with Crippen molar-refractivity contribution >= 4 is 16.9 Å². The van der Waals surface area contributed by atoms with E-state index in [-0.39, 0.29) is 36.1 Å². The average Bonchev–Trinajstić information content (AvgIpc) is 3.28. The fourth-order valence-corrected chi connectivity index (χ4v) is 2.48. The van der Waals surface area contributed by atoms with Crippen LogP contribution in [0.2, 0.25) is 0 Å². The topological polar surface area (TPSA) is 127 Å². The number of pyridine rings is 1. The standard InChI is InChI=1S/C17H13N5O4/c23-14-7-10(5-6-18-14)17-20-16(26-22-17)9-19-15(24)8-12-11-3-1-2-4-13(11)25-21-12/h1-7H,8-9H2,(H,18,23)(H,19,24). The van der Waals surface area contributed by atoms with Gasteiger partial charge in [0, 0.05) is 23.2 Å². The molecular formula is C17H13N5O4. The number of para-hydroxylation sites is 1. The minimum absolute atomic E-state index is 0.0742. The highest BCUT2D eigenvalue weighted by molar-refractivity contribution is 5.86. The van der Waals surface area contributed by atoms with Crippen LogP contribution in [-0.2, 0) is 17.8 Å². The second-order valence-corrected chi connectivity index (χ2v) is 5.53. The molecule has 9 nitrogen and oxygen atoms in total. The van der Waals surface area contributed by atoms with E-state index in [1.807, 2.05) is 18.2 Å². The lowest BCUT2D eigenvalue weighted by molar-refractivity contribution is -0.120. The Balaban J connectivity index is 1.40. The van der Waals surface area contributed by atoms with E-state index in [0.29, 0.717) is 16.8 Å². The minimum Gasteiger partial charge on any atom is -0.356 e. The Hall–Kier alpha value is -3.75. The third kappa shape index (κ3) is 3.22. The molecule has 4 aromatic rings. The van der Waals surface area contributed by atoms with Gasteiger partial charge in [-0.1, -0.05) is 22.4 Å². The van der Waals surface area contributed by atoms with E-state index in [1.165, 1.54) is 12.3 Å². The van der Waals surface area contributed by atoms with E-state index in [1.54, 1.807) is 12.1 Å². The van der Waals surface area contributed by atoms with Crippen LogP contribution in [0.5, 0.6) is 0 Å². The van der Waals surface area contributed by atoms with E-state index < -0.39 is 0 Å². The maximum atomic E-state index is 12.1. The van der Waals surface area contributed by atoms with Gasteiger partial charge in [0.05, 0.1) is 13.0 Å². The molecular weight excluding hydrogens is 338 g/mol. The molecule has 0 atom stereocenters. The maximum absolute atomic E-state index is 12.1. The monoisotopic (exact) mass is 351 g/mol. The predicted molar refractivity (Wildman–Crippen MR) is 89.9 cm³/mol. The highest BCUT2D eigenvalue weighted by Gasteiger charge is 2.14. The number of nitrogens with one attached hydrogen (secondary N) is 2. The third-order valence-corrected chi connectivity index (χ3v) is 3.72. The molecule has 4 rings (SSSR count). The summed E-state index contributed by atoms with van der Waals surface area (Å²) >= 11 is 0. The molecule has 3 heterocycles. The molecule has 9 heteroatoms. The van der Waals surface area contributed by atoms with Crippen LogP contribution >= 0.6 is 0 Å². The van der Waals surface area contributed by atoms with Crippen molar-refractivity contribution in [2.75, 3.05) is 0 Å². The van der Waals surface area contributed by atoms with Gasteiger partial charge in [-0.05, 0) is 18.2 Å². The van der Waals surface area contributed by atoms with Gasteiger partial charge in [0.25, 0.3) is 0 Å². The zero-order valence-corrected chi connectivity index (χ0v) is 13.4. The lowest BCUT2D eigenvalue weighted by atomic mass is 10.1. The maximum Gasteiger partial charge on any atom is 0.248 e. The van der Waals surface area contributed by atoms with Crippen LogP contribution in [0, 0.1) is 0 Å². The predicted octanol–water partition coefficient (Wildman–Crippen LogP) is 1.42. The normalized spacial score (nSPS) is 10.9. The van der Waals surface area contributed by atoms with Gasteiger partial charge >= 0.3 is 0 Å². The molecule has 0 spiro atoms. The molecule has 0 fully saturated rings. The number of hydrogen-bond acceptors (Lipinski definition) is 7. The first-order chi connectivity index (χ1) is 12.7. The van der Waals surface area contributed by atoms with Crippen molar-refractivity contribution in [1.29, 1.82) is 0 Å². The Kier molecular flexibility index (Phi) is 4.02. The number of benzene rings is 1. The highest BCUT2D eigenvalue weighted by Crippen LogP contribution is 2.18. The van der Waals surface area contributed by atoms with E-state index in [4.69, 9.17) is 9.05 Å². The van der Waals surface area contributed by atoms with Gasteiger partial charge in [-0.15, -0.1) is 0 Å². The number of aromatic amines is 1. The van der Waals surface area contributed by atoms with Crippen LogP contribution in [-0.4, -0.2) is 26.2 Å². The number of carbonyl (C=O) groups excluding carboxylic acids is 1. The van der Waals surface area contributed by atoms with Crippen LogP contribution < -0.4 is 10.9 Å². The van der Waals surface area contributed by atoms with Crippen molar-refractivity contribution in [2.45, 2.75) is 13.0 Å². The summed E-state index contributed by atoms with van der Waals surface area (Å²) in [6, 6.07) is 10.4. The zero-order chi connectivity index (χ0) is 17.9. The van der Waals surface area contributed by atoms with Gasteiger partial charge in [-0.25, -0.2) is 0 Å². The van der Waals surface area contributed by atoms with Crippen LogP contribution in [0.1, 0.15) is 11.6 Å². The summed E-state index contributed by atoms with van der Waals surface area (Å²) in [6.07, 6.45) is 1.57. The van der Waals surface area contributed by atoms with Crippen molar-refractivity contribution in [2.24, 2.45) is 0 Å². The Bertz CT molecular complexity index is 1130. The molecule has 0 unspecified atom stereocenters. The van der Waals surface area contributed by atoms with E-state index >= 15 is 0 Å². The molecule has 130 valence electrons. The second-order valence-electron chi connectivity index (χ2n) is 5.53. The zero-order valence-electron chi connectivity index (χ0n) is 13.4. The molecule has 0 saturated heterocycles. The number of fused-ring (bicyclic) bond motifs is 1. The molecule has 1 amide bonds. The van der Waals surface area contributed by atoms with Gasteiger partial charge in [0.1, 0.15) is 5.69 Å². The number of carbonyl (C=O) groups is 1.